The van der Waals surface area contributed by atoms with Gasteiger partial charge in [-0.1, -0.05) is 18.2 Å². The summed E-state index contributed by atoms with van der Waals surface area (Å²) in [6.07, 6.45) is 5.30. The Hall–Kier alpha value is -2.01. The number of nitrogens with one attached hydrogen (secondary N) is 3. The summed E-state index contributed by atoms with van der Waals surface area (Å²) in [4.78, 5) is 7.61. The number of guanidine groups is 1. The lowest BCUT2D eigenvalue weighted by atomic mass is 10.0. The highest BCUT2D eigenvalue weighted by molar-refractivity contribution is 5.83. The van der Waals surface area contributed by atoms with E-state index in [1.165, 1.54) is 16.5 Å². The number of rotatable bonds is 5. The Bertz CT molecular complexity index is 670. The molecule has 3 rings (SSSR count). The fourth-order valence-corrected chi connectivity index (χ4v) is 3.12. The van der Waals surface area contributed by atoms with Gasteiger partial charge in [0, 0.05) is 43.8 Å². The number of hydrogen-bond acceptors (Lipinski definition) is 2. The first-order chi connectivity index (χ1) is 11.2. The number of hydrogen-bond donors (Lipinski definition) is 3. The van der Waals surface area contributed by atoms with Gasteiger partial charge in [-0.15, -0.1) is 0 Å². The van der Waals surface area contributed by atoms with Crippen molar-refractivity contribution in [1.29, 1.82) is 0 Å². The predicted molar refractivity (Wildman–Crippen MR) is 95.0 cm³/mol. The maximum atomic E-state index is 5.80. The number of para-hydroxylation sites is 1. The lowest BCUT2D eigenvalue weighted by Crippen LogP contribution is -2.45. The van der Waals surface area contributed by atoms with Crippen LogP contribution >= 0.6 is 0 Å². The van der Waals surface area contributed by atoms with Gasteiger partial charge in [-0.3, -0.25) is 4.99 Å². The number of ether oxygens (including phenoxy) is 1. The topological polar surface area (TPSA) is 61.4 Å². The van der Waals surface area contributed by atoms with Crippen molar-refractivity contribution in [2.24, 2.45) is 4.99 Å². The van der Waals surface area contributed by atoms with Crippen LogP contribution < -0.4 is 10.6 Å². The van der Waals surface area contributed by atoms with E-state index in [0.29, 0.717) is 0 Å². The summed E-state index contributed by atoms with van der Waals surface area (Å²) in [5.41, 5.74) is 2.46. The first-order valence-electron chi connectivity index (χ1n) is 8.34. The van der Waals surface area contributed by atoms with Gasteiger partial charge < -0.3 is 20.4 Å². The minimum atomic E-state index is -0.0611. The van der Waals surface area contributed by atoms with Crippen LogP contribution in [0.2, 0.25) is 0 Å². The van der Waals surface area contributed by atoms with Crippen molar-refractivity contribution in [2.45, 2.75) is 31.8 Å². The number of fused-ring (bicyclic) bond motifs is 1. The monoisotopic (exact) mass is 314 g/mol. The number of nitrogens with zero attached hydrogens (tertiary/aromatic N) is 1. The third kappa shape index (κ3) is 3.85. The summed E-state index contributed by atoms with van der Waals surface area (Å²) < 4.78 is 5.80. The highest BCUT2D eigenvalue weighted by Gasteiger charge is 2.29. The van der Waals surface area contributed by atoms with E-state index in [1.807, 2.05) is 0 Å². The van der Waals surface area contributed by atoms with E-state index in [9.17, 15) is 0 Å². The van der Waals surface area contributed by atoms with Gasteiger partial charge in [0.15, 0.2) is 5.96 Å². The van der Waals surface area contributed by atoms with Crippen LogP contribution in [0.5, 0.6) is 0 Å². The summed E-state index contributed by atoms with van der Waals surface area (Å²) in [6.45, 7) is 4.66. The molecule has 5 heteroatoms. The summed E-state index contributed by atoms with van der Waals surface area (Å²) in [7, 11) is 1.80. The van der Waals surface area contributed by atoms with Crippen molar-refractivity contribution in [1.82, 2.24) is 15.6 Å². The van der Waals surface area contributed by atoms with Crippen LogP contribution in [-0.2, 0) is 11.2 Å². The Kier molecular flexibility index (Phi) is 4.86. The van der Waals surface area contributed by atoms with E-state index < -0.39 is 0 Å². The minimum Gasteiger partial charge on any atom is -0.373 e. The van der Waals surface area contributed by atoms with Gasteiger partial charge in [0.25, 0.3) is 0 Å². The molecule has 0 bridgehead atoms. The summed E-state index contributed by atoms with van der Waals surface area (Å²) in [6, 6.07) is 8.40. The summed E-state index contributed by atoms with van der Waals surface area (Å²) in [5.74, 6) is 0.835. The van der Waals surface area contributed by atoms with E-state index in [2.05, 4.69) is 58.0 Å². The van der Waals surface area contributed by atoms with Crippen molar-refractivity contribution in [3.8, 4) is 0 Å². The molecule has 124 valence electrons. The lowest BCUT2D eigenvalue weighted by Gasteiger charge is -2.24. The van der Waals surface area contributed by atoms with Crippen LogP contribution in [0.15, 0.2) is 35.5 Å². The molecule has 1 fully saturated rings. The fourth-order valence-electron chi connectivity index (χ4n) is 3.12. The van der Waals surface area contributed by atoms with Gasteiger partial charge >= 0.3 is 0 Å². The van der Waals surface area contributed by atoms with E-state index in [4.69, 9.17) is 4.74 Å². The molecule has 1 saturated heterocycles. The van der Waals surface area contributed by atoms with Crippen LogP contribution in [0.25, 0.3) is 10.9 Å². The third-order valence-electron chi connectivity index (χ3n) is 4.52. The van der Waals surface area contributed by atoms with Crippen LogP contribution in [0.3, 0.4) is 0 Å². The molecule has 0 radical (unpaired) electrons. The van der Waals surface area contributed by atoms with Crippen LogP contribution in [0.4, 0.5) is 0 Å². The maximum Gasteiger partial charge on any atom is 0.191 e. The molecule has 3 N–H and O–H groups in total. The highest BCUT2D eigenvalue weighted by atomic mass is 16.5. The van der Waals surface area contributed by atoms with Crippen molar-refractivity contribution in [3.63, 3.8) is 0 Å². The number of benzene rings is 1. The molecule has 1 aromatic heterocycles. The van der Waals surface area contributed by atoms with Gasteiger partial charge in [0.1, 0.15) is 0 Å². The zero-order valence-electron chi connectivity index (χ0n) is 14.0. The van der Waals surface area contributed by atoms with Crippen LogP contribution in [-0.4, -0.2) is 43.3 Å². The maximum absolute atomic E-state index is 5.80. The van der Waals surface area contributed by atoms with E-state index >= 15 is 0 Å². The van der Waals surface area contributed by atoms with Gasteiger partial charge in [0.2, 0.25) is 0 Å². The Balaban J connectivity index is 1.48. The third-order valence-corrected chi connectivity index (χ3v) is 4.52. The van der Waals surface area contributed by atoms with Gasteiger partial charge in [-0.05, 0) is 37.8 Å². The van der Waals surface area contributed by atoms with Crippen molar-refractivity contribution < 1.29 is 4.74 Å². The number of aromatic nitrogens is 1. The zero-order chi connectivity index (χ0) is 16.1. The summed E-state index contributed by atoms with van der Waals surface area (Å²) >= 11 is 0. The Labute approximate surface area is 137 Å². The second-order valence-electron chi connectivity index (χ2n) is 6.36. The van der Waals surface area contributed by atoms with Crippen molar-refractivity contribution in [3.05, 3.63) is 36.0 Å². The van der Waals surface area contributed by atoms with Crippen LogP contribution in [0, 0.1) is 0 Å². The van der Waals surface area contributed by atoms with Gasteiger partial charge in [-0.2, -0.15) is 0 Å². The zero-order valence-corrected chi connectivity index (χ0v) is 14.0. The molecule has 0 aliphatic carbocycles. The highest BCUT2D eigenvalue weighted by Crippen LogP contribution is 2.23. The molecule has 0 amide bonds. The standard InChI is InChI=1S/C18H26N4O/c1-18(9-5-11-23-18)13-22-17(19-2)20-10-8-14-12-21-16-7-4-3-6-15(14)16/h3-4,6-7,12,21H,5,8-11,13H2,1-2H3,(H2,19,20,22). The van der Waals surface area contributed by atoms with Gasteiger partial charge in [-0.25, -0.2) is 0 Å². The molecule has 0 saturated carbocycles. The molecule has 1 unspecified atom stereocenters. The van der Waals surface area contributed by atoms with Crippen LogP contribution in [0.1, 0.15) is 25.3 Å². The molecular formula is C18H26N4O. The van der Waals surface area contributed by atoms with Gasteiger partial charge in [0.05, 0.1) is 5.60 Å². The number of aromatic amines is 1. The average Bonchev–Trinajstić information content (AvgIpc) is 3.18. The minimum absolute atomic E-state index is 0.0611. The Morgan fingerprint density at radius 1 is 1.35 bits per heavy atom. The average molecular weight is 314 g/mol. The lowest BCUT2D eigenvalue weighted by molar-refractivity contribution is 0.0243. The first kappa shape index (κ1) is 15.9. The van der Waals surface area contributed by atoms with Crippen molar-refractivity contribution >= 4 is 16.9 Å². The van der Waals surface area contributed by atoms with Crippen molar-refractivity contribution in [2.75, 3.05) is 26.7 Å². The largest absolute Gasteiger partial charge is 0.373 e. The second kappa shape index (κ2) is 7.04. The molecular weight excluding hydrogens is 288 g/mol. The molecule has 23 heavy (non-hydrogen) atoms. The molecule has 1 aliphatic heterocycles. The predicted octanol–water partition coefficient (Wildman–Crippen LogP) is 2.44. The quantitative estimate of drug-likeness (QED) is 0.587. The normalized spacial score (nSPS) is 21.7. The molecule has 2 heterocycles. The van der Waals surface area contributed by atoms with E-state index in [-0.39, 0.29) is 5.60 Å². The molecule has 0 spiro atoms. The number of H-pyrrole nitrogens is 1. The Morgan fingerprint density at radius 2 is 2.22 bits per heavy atom. The molecule has 1 atom stereocenters. The smallest absolute Gasteiger partial charge is 0.191 e. The SMILES string of the molecule is CN=C(NCCc1c[nH]c2ccccc12)NCC1(C)CCCO1. The second-order valence-corrected chi connectivity index (χ2v) is 6.36. The Morgan fingerprint density at radius 3 is 3.00 bits per heavy atom. The molecule has 1 aliphatic rings. The number of aliphatic imine (C=N–C) groups is 1. The first-order valence-corrected chi connectivity index (χ1v) is 8.34. The van der Waals surface area contributed by atoms with E-state index in [1.54, 1.807) is 7.05 Å². The summed E-state index contributed by atoms with van der Waals surface area (Å²) in [5, 5.41) is 8.05. The van der Waals surface area contributed by atoms with E-state index in [0.717, 1.165) is 44.9 Å². The fraction of sp³-hybridized carbons (Fsp3) is 0.500. The molecule has 1 aromatic carbocycles. The molecule has 2 aromatic rings. The molecule has 5 nitrogen and oxygen atoms in total.